The molecule has 0 spiro atoms. The van der Waals surface area contributed by atoms with Gasteiger partial charge in [0.25, 0.3) is 5.69 Å². The number of halogens is 1. The van der Waals surface area contributed by atoms with Gasteiger partial charge in [-0.3, -0.25) is 10.1 Å². The maximum absolute atomic E-state index is 11.5. The first kappa shape index (κ1) is 27.3. The maximum atomic E-state index is 11.5. The van der Waals surface area contributed by atoms with Crippen LogP contribution in [0.3, 0.4) is 0 Å². The Morgan fingerprint density at radius 1 is 1.00 bits per heavy atom. The lowest BCUT2D eigenvalue weighted by atomic mass is 10.2. The average molecular weight is 520 g/mol. The number of nitrogens with one attached hydrogen (secondary N) is 1. The molecule has 30 heavy (non-hydrogen) atoms. The Morgan fingerprint density at radius 2 is 1.43 bits per heavy atom. The third-order valence-electron chi connectivity index (χ3n) is 6.42. The Labute approximate surface area is 192 Å². The molecule has 0 amide bonds. The summed E-state index contributed by atoms with van der Waals surface area (Å²) in [5, 5.41) is 15.0. The second-order valence-electron chi connectivity index (χ2n) is 10.9. The summed E-state index contributed by atoms with van der Waals surface area (Å²) < 4.78 is 13.7. The highest BCUT2D eigenvalue weighted by Gasteiger charge is 2.39. The molecule has 0 bridgehead atoms. The van der Waals surface area contributed by atoms with Crippen LogP contribution >= 0.6 is 15.9 Å². The minimum Gasteiger partial charge on any atom is -0.415 e. The molecule has 1 aromatic carbocycles. The van der Waals surface area contributed by atoms with Gasteiger partial charge in [-0.2, -0.15) is 0 Å². The molecule has 1 aromatic rings. The molecule has 0 saturated carbocycles. The fourth-order valence-corrected chi connectivity index (χ4v) is 4.65. The van der Waals surface area contributed by atoms with Crippen LogP contribution in [0.1, 0.15) is 41.5 Å². The van der Waals surface area contributed by atoms with Crippen molar-refractivity contribution in [2.24, 2.45) is 0 Å². The number of rotatable bonds is 9. The topological polar surface area (TPSA) is 73.6 Å². The lowest BCUT2D eigenvalue weighted by Crippen LogP contribution is -2.47. The predicted octanol–water partition coefficient (Wildman–Crippen LogP) is 7.18. The van der Waals surface area contributed by atoms with Gasteiger partial charge in [-0.1, -0.05) is 57.5 Å². The van der Waals surface area contributed by atoms with E-state index in [0.717, 1.165) is 4.47 Å². The number of nitrogens with zero attached hydrogens (tertiary/aromatic N) is 1. The van der Waals surface area contributed by atoms with Gasteiger partial charge in [-0.15, -0.1) is 0 Å². The van der Waals surface area contributed by atoms with E-state index in [1.807, 2.05) is 0 Å². The van der Waals surface area contributed by atoms with E-state index in [-0.39, 0.29) is 26.7 Å². The Bertz CT molecular complexity index is 714. The lowest BCUT2D eigenvalue weighted by molar-refractivity contribution is -0.384. The van der Waals surface area contributed by atoms with Crippen molar-refractivity contribution in [1.29, 1.82) is 0 Å². The average Bonchev–Trinajstić information content (AvgIpc) is 2.55. The Kier molecular flexibility index (Phi) is 8.92. The Balaban J connectivity index is 3.12. The highest BCUT2D eigenvalue weighted by atomic mass is 79.9. The second-order valence-corrected chi connectivity index (χ2v) is 21.4. The molecule has 9 heteroatoms. The van der Waals surface area contributed by atoms with Gasteiger partial charge >= 0.3 is 0 Å². The molecule has 0 unspecified atom stereocenters. The Morgan fingerprint density at radius 3 is 1.80 bits per heavy atom. The van der Waals surface area contributed by atoms with Crippen LogP contribution in [0.15, 0.2) is 22.7 Å². The first-order valence-corrected chi connectivity index (χ1v) is 17.0. The molecule has 172 valence electrons. The van der Waals surface area contributed by atoms with Crippen molar-refractivity contribution in [2.75, 3.05) is 18.5 Å². The van der Waals surface area contributed by atoms with Crippen LogP contribution in [0.4, 0.5) is 11.4 Å². The van der Waals surface area contributed by atoms with Crippen LogP contribution in [0.5, 0.6) is 0 Å². The van der Waals surface area contributed by atoms with Gasteiger partial charge in [0.2, 0.25) is 0 Å². The molecule has 0 aromatic heterocycles. The highest BCUT2D eigenvalue weighted by Crippen LogP contribution is 2.38. The van der Waals surface area contributed by atoms with Gasteiger partial charge in [0.1, 0.15) is 5.69 Å². The molecule has 0 heterocycles. The van der Waals surface area contributed by atoms with E-state index in [0.29, 0.717) is 18.9 Å². The van der Waals surface area contributed by atoms with Crippen LogP contribution in [0, 0.1) is 10.1 Å². The van der Waals surface area contributed by atoms with E-state index in [1.54, 1.807) is 12.1 Å². The van der Waals surface area contributed by atoms with Crippen LogP contribution in [0.2, 0.25) is 36.3 Å². The van der Waals surface area contributed by atoms with Crippen LogP contribution in [-0.2, 0) is 8.85 Å². The molecule has 0 atom stereocenters. The standard InChI is InChI=1S/C21H39BrN2O4Si2/c1-20(2,3)29(7,8)27-14-17(15-28-30(9,10)21(4,5)6)23-18-13-16(22)11-12-19(18)24(25)26/h11-13,17,23H,14-15H2,1-10H3. The first-order chi connectivity index (χ1) is 13.4. The van der Waals surface area contributed by atoms with Gasteiger partial charge in [0, 0.05) is 10.5 Å². The summed E-state index contributed by atoms with van der Waals surface area (Å²) in [6, 6.07) is 4.73. The second kappa shape index (κ2) is 9.81. The van der Waals surface area contributed by atoms with Crippen LogP contribution < -0.4 is 5.32 Å². The maximum Gasteiger partial charge on any atom is 0.292 e. The van der Waals surface area contributed by atoms with Gasteiger partial charge in [-0.25, -0.2) is 0 Å². The molecule has 0 aliphatic carbocycles. The smallest absolute Gasteiger partial charge is 0.292 e. The van der Waals surface area contributed by atoms with E-state index in [2.05, 4.69) is 89.0 Å². The fraction of sp³-hybridized carbons (Fsp3) is 0.714. The quantitative estimate of drug-likeness (QED) is 0.212. The van der Waals surface area contributed by atoms with Gasteiger partial charge in [-0.05, 0) is 48.4 Å². The van der Waals surface area contributed by atoms with Crippen molar-refractivity contribution in [3.8, 4) is 0 Å². The molecular weight excluding hydrogens is 480 g/mol. The van der Waals surface area contributed by atoms with Gasteiger partial charge < -0.3 is 14.2 Å². The molecule has 0 saturated heterocycles. The summed E-state index contributed by atoms with van der Waals surface area (Å²) in [4.78, 5) is 11.1. The monoisotopic (exact) mass is 518 g/mol. The molecule has 1 rings (SSSR count). The highest BCUT2D eigenvalue weighted by molar-refractivity contribution is 9.10. The summed E-state index contributed by atoms with van der Waals surface area (Å²) in [6.45, 7) is 22.9. The summed E-state index contributed by atoms with van der Waals surface area (Å²) in [5.74, 6) is 0. The molecule has 0 radical (unpaired) electrons. The molecule has 0 fully saturated rings. The van der Waals surface area contributed by atoms with E-state index >= 15 is 0 Å². The molecule has 6 nitrogen and oxygen atoms in total. The van der Waals surface area contributed by atoms with Gasteiger partial charge in [0.05, 0.1) is 24.2 Å². The third kappa shape index (κ3) is 7.44. The number of benzene rings is 1. The van der Waals surface area contributed by atoms with Crippen molar-refractivity contribution in [2.45, 2.75) is 83.8 Å². The van der Waals surface area contributed by atoms with Gasteiger partial charge in [0.15, 0.2) is 16.6 Å². The van der Waals surface area contributed by atoms with Crippen molar-refractivity contribution in [3.63, 3.8) is 0 Å². The number of nitro benzene ring substituents is 1. The third-order valence-corrected chi connectivity index (χ3v) is 15.9. The predicted molar refractivity (Wildman–Crippen MR) is 135 cm³/mol. The zero-order chi connectivity index (χ0) is 23.5. The van der Waals surface area contributed by atoms with E-state index < -0.39 is 16.6 Å². The summed E-state index contributed by atoms with van der Waals surface area (Å²) in [6.07, 6.45) is 0. The van der Waals surface area contributed by atoms with E-state index in [9.17, 15) is 10.1 Å². The Hall–Kier alpha value is -0.746. The molecule has 0 aliphatic heterocycles. The van der Waals surface area contributed by atoms with Crippen molar-refractivity contribution >= 4 is 43.9 Å². The summed E-state index contributed by atoms with van der Waals surface area (Å²) >= 11 is 3.42. The lowest BCUT2D eigenvalue weighted by Gasteiger charge is -2.39. The summed E-state index contributed by atoms with van der Waals surface area (Å²) in [5.41, 5.74) is 0.514. The largest absolute Gasteiger partial charge is 0.415 e. The fourth-order valence-electron chi connectivity index (χ4n) is 2.19. The van der Waals surface area contributed by atoms with Crippen LogP contribution in [0.25, 0.3) is 0 Å². The first-order valence-electron chi connectivity index (χ1n) is 10.4. The van der Waals surface area contributed by atoms with Crippen molar-refractivity contribution < 1.29 is 13.8 Å². The minimum absolute atomic E-state index is 0.0443. The van der Waals surface area contributed by atoms with Crippen molar-refractivity contribution in [1.82, 2.24) is 0 Å². The zero-order valence-corrected chi connectivity index (χ0v) is 23.8. The van der Waals surface area contributed by atoms with Crippen molar-refractivity contribution in [3.05, 3.63) is 32.8 Å². The van der Waals surface area contributed by atoms with E-state index in [4.69, 9.17) is 8.85 Å². The number of nitro groups is 1. The van der Waals surface area contributed by atoms with E-state index in [1.165, 1.54) is 6.07 Å². The SMILES string of the molecule is CC(C)(C)[Si](C)(C)OCC(CO[Si](C)(C)C(C)(C)C)Nc1cc(Br)ccc1[N+](=O)[O-]. The number of anilines is 1. The number of hydrogen-bond donors (Lipinski definition) is 1. The zero-order valence-electron chi connectivity index (χ0n) is 20.2. The molecular formula is C21H39BrN2O4Si2. The summed E-state index contributed by atoms with van der Waals surface area (Å²) in [7, 11) is -3.94. The normalized spacial score (nSPS) is 13.6. The molecule has 1 N–H and O–H groups in total. The molecule has 0 aliphatic rings. The number of hydrogen-bond acceptors (Lipinski definition) is 5. The van der Waals surface area contributed by atoms with Crippen LogP contribution in [-0.4, -0.2) is 40.8 Å². The minimum atomic E-state index is -1.97.